The summed E-state index contributed by atoms with van der Waals surface area (Å²) in [5, 5.41) is 2.83. The molecule has 0 unspecified atom stereocenters. The Bertz CT molecular complexity index is 313. The van der Waals surface area contributed by atoms with Crippen LogP contribution in [0.25, 0.3) is 0 Å². The van der Waals surface area contributed by atoms with E-state index in [9.17, 15) is 4.79 Å². The van der Waals surface area contributed by atoms with Crippen molar-refractivity contribution in [3.8, 4) is 0 Å². The van der Waals surface area contributed by atoms with Gasteiger partial charge in [0.1, 0.15) is 0 Å². The number of rotatable bonds is 5. The number of nitrogens with zero attached hydrogens (tertiary/aromatic N) is 2. The Balaban J connectivity index is 2.29. The summed E-state index contributed by atoms with van der Waals surface area (Å²) < 4.78 is 0. The van der Waals surface area contributed by atoms with Gasteiger partial charge in [0.2, 0.25) is 0 Å². The van der Waals surface area contributed by atoms with Gasteiger partial charge < -0.3 is 10.2 Å². The van der Waals surface area contributed by atoms with Crippen LogP contribution in [0.2, 0.25) is 0 Å². The lowest BCUT2D eigenvalue weighted by Gasteiger charge is -2.17. The van der Waals surface area contributed by atoms with Gasteiger partial charge in [-0.3, -0.25) is 4.98 Å². The highest BCUT2D eigenvalue weighted by atomic mass is 16.2. The maximum atomic E-state index is 11.6. The normalized spacial score (nSPS) is 9.88. The Morgan fingerprint density at radius 1 is 1.50 bits per heavy atom. The number of urea groups is 1. The summed E-state index contributed by atoms with van der Waals surface area (Å²) in [4.78, 5) is 17.4. The molecule has 0 aliphatic heterocycles. The zero-order chi connectivity index (χ0) is 11.8. The van der Waals surface area contributed by atoms with Gasteiger partial charge in [-0.05, 0) is 18.6 Å². The van der Waals surface area contributed by atoms with Crippen molar-refractivity contribution in [2.45, 2.75) is 26.3 Å². The van der Waals surface area contributed by atoms with Crippen molar-refractivity contribution in [1.29, 1.82) is 0 Å². The lowest BCUT2D eigenvalue weighted by molar-refractivity contribution is 0.207. The molecule has 0 bridgehead atoms. The third-order valence-electron chi connectivity index (χ3n) is 2.34. The van der Waals surface area contributed by atoms with E-state index in [0.717, 1.165) is 25.1 Å². The number of pyridine rings is 1. The summed E-state index contributed by atoms with van der Waals surface area (Å²) in [6, 6.07) is 5.62. The molecule has 0 saturated heterocycles. The molecule has 1 aromatic rings. The summed E-state index contributed by atoms with van der Waals surface area (Å²) in [5.74, 6) is 0. The fourth-order valence-electron chi connectivity index (χ4n) is 1.30. The number of nitrogens with one attached hydrogen (secondary N) is 1. The van der Waals surface area contributed by atoms with Gasteiger partial charge in [-0.25, -0.2) is 4.79 Å². The first kappa shape index (κ1) is 12.5. The molecule has 16 heavy (non-hydrogen) atoms. The highest BCUT2D eigenvalue weighted by Crippen LogP contribution is 1.95. The molecule has 1 N–H and O–H groups in total. The van der Waals surface area contributed by atoms with Crippen LogP contribution in [0.5, 0.6) is 0 Å². The zero-order valence-corrected chi connectivity index (χ0v) is 9.94. The third-order valence-corrected chi connectivity index (χ3v) is 2.34. The number of hydrogen-bond donors (Lipinski definition) is 1. The van der Waals surface area contributed by atoms with Gasteiger partial charge in [0.15, 0.2) is 0 Å². The van der Waals surface area contributed by atoms with Gasteiger partial charge in [0, 0.05) is 19.8 Å². The Kier molecular flexibility index (Phi) is 5.32. The first-order valence-electron chi connectivity index (χ1n) is 5.63. The van der Waals surface area contributed by atoms with Crippen LogP contribution >= 0.6 is 0 Å². The van der Waals surface area contributed by atoms with Crippen LogP contribution in [0.4, 0.5) is 4.79 Å². The summed E-state index contributed by atoms with van der Waals surface area (Å²) in [7, 11) is 1.81. The molecule has 1 rings (SSSR count). The minimum Gasteiger partial charge on any atom is -0.332 e. The first-order chi connectivity index (χ1) is 7.74. The summed E-state index contributed by atoms with van der Waals surface area (Å²) in [6.07, 6.45) is 3.85. The van der Waals surface area contributed by atoms with E-state index in [1.165, 1.54) is 0 Å². The van der Waals surface area contributed by atoms with E-state index in [-0.39, 0.29) is 6.03 Å². The maximum Gasteiger partial charge on any atom is 0.317 e. The average molecular weight is 221 g/mol. The largest absolute Gasteiger partial charge is 0.332 e. The second-order valence-corrected chi connectivity index (χ2v) is 3.75. The fourth-order valence-corrected chi connectivity index (χ4v) is 1.30. The topological polar surface area (TPSA) is 45.2 Å². The molecule has 1 heterocycles. The van der Waals surface area contributed by atoms with E-state index >= 15 is 0 Å². The third kappa shape index (κ3) is 4.29. The summed E-state index contributed by atoms with van der Waals surface area (Å²) in [6.45, 7) is 3.39. The van der Waals surface area contributed by atoms with Crippen molar-refractivity contribution >= 4 is 6.03 Å². The minimum absolute atomic E-state index is 0.0425. The Morgan fingerprint density at radius 2 is 2.31 bits per heavy atom. The highest BCUT2D eigenvalue weighted by molar-refractivity contribution is 5.73. The lowest BCUT2D eigenvalue weighted by Crippen LogP contribution is -2.37. The predicted octanol–water partition coefficient (Wildman–Crippen LogP) is 2.02. The van der Waals surface area contributed by atoms with Gasteiger partial charge in [0.25, 0.3) is 0 Å². The van der Waals surface area contributed by atoms with Crippen LogP contribution in [0.15, 0.2) is 24.4 Å². The van der Waals surface area contributed by atoms with E-state index < -0.39 is 0 Å². The molecule has 0 aliphatic rings. The van der Waals surface area contributed by atoms with E-state index in [4.69, 9.17) is 0 Å². The van der Waals surface area contributed by atoms with Crippen molar-refractivity contribution < 1.29 is 4.79 Å². The molecule has 0 radical (unpaired) electrons. The number of carbonyl (C=O) groups is 1. The van der Waals surface area contributed by atoms with E-state index in [2.05, 4.69) is 17.2 Å². The number of unbranched alkanes of at least 4 members (excludes halogenated alkanes) is 1. The van der Waals surface area contributed by atoms with Gasteiger partial charge in [-0.15, -0.1) is 0 Å². The molecule has 4 heteroatoms. The van der Waals surface area contributed by atoms with Crippen molar-refractivity contribution in [2.24, 2.45) is 0 Å². The second kappa shape index (κ2) is 6.82. The van der Waals surface area contributed by atoms with E-state index in [1.54, 1.807) is 11.1 Å². The molecule has 0 fully saturated rings. The smallest absolute Gasteiger partial charge is 0.317 e. The molecule has 0 saturated carbocycles. The zero-order valence-electron chi connectivity index (χ0n) is 9.94. The van der Waals surface area contributed by atoms with Crippen LogP contribution in [-0.2, 0) is 6.54 Å². The van der Waals surface area contributed by atoms with Crippen molar-refractivity contribution in [1.82, 2.24) is 15.2 Å². The minimum atomic E-state index is -0.0425. The molecule has 2 amide bonds. The average Bonchev–Trinajstić information content (AvgIpc) is 2.34. The molecule has 0 aliphatic carbocycles. The second-order valence-electron chi connectivity index (χ2n) is 3.75. The van der Waals surface area contributed by atoms with Gasteiger partial charge in [-0.2, -0.15) is 0 Å². The Labute approximate surface area is 96.7 Å². The van der Waals surface area contributed by atoms with Crippen LogP contribution in [0.3, 0.4) is 0 Å². The van der Waals surface area contributed by atoms with Gasteiger partial charge in [0.05, 0.1) is 12.2 Å². The van der Waals surface area contributed by atoms with Crippen molar-refractivity contribution in [3.05, 3.63) is 30.1 Å². The number of hydrogen-bond acceptors (Lipinski definition) is 2. The van der Waals surface area contributed by atoms with Crippen LogP contribution in [0.1, 0.15) is 25.5 Å². The molecule has 1 aromatic heterocycles. The molecular formula is C12H19N3O. The van der Waals surface area contributed by atoms with Crippen molar-refractivity contribution in [3.63, 3.8) is 0 Å². The predicted molar refractivity (Wildman–Crippen MR) is 64.0 cm³/mol. The van der Waals surface area contributed by atoms with Gasteiger partial charge >= 0.3 is 6.03 Å². The Morgan fingerprint density at radius 3 is 2.94 bits per heavy atom. The quantitative estimate of drug-likeness (QED) is 0.826. The van der Waals surface area contributed by atoms with Crippen LogP contribution < -0.4 is 5.32 Å². The lowest BCUT2D eigenvalue weighted by atomic mass is 10.3. The molecule has 0 atom stereocenters. The number of amides is 2. The van der Waals surface area contributed by atoms with Crippen LogP contribution in [0, 0.1) is 0 Å². The van der Waals surface area contributed by atoms with E-state index in [1.807, 2.05) is 25.2 Å². The molecule has 4 nitrogen and oxygen atoms in total. The Hall–Kier alpha value is -1.58. The summed E-state index contributed by atoms with van der Waals surface area (Å²) in [5.41, 5.74) is 0.875. The standard InChI is InChI=1S/C12H19N3O/c1-3-4-9-15(2)12(16)14-10-11-7-5-6-8-13-11/h5-8H,3-4,9-10H2,1-2H3,(H,14,16). The van der Waals surface area contributed by atoms with Gasteiger partial charge in [-0.1, -0.05) is 19.4 Å². The maximum absolute atomic E-state index is 11.6. The molecule has 0 spiro atoms. The SMILES string of the molecule is CCCCN(C)C(=O)NCc1ccccn1. The monoisotopic (exact) mass is 221 g/mol. The molecule has 0 aromatic carbocycles. The highest BCUT2D eigenvalue weighted by Gasteiger charge is 2.06. The molecule has 88 valence electrons. The number of carbonyl (C=O) groups excluding carboxylic acids is 1. The fraction of sp³-hybridized carbons (Fsp3) is 0.500. The van der Waals surface area contributed by atoms with Crippen molar-refractivity contribution in [2.75, 3.05) is 13.6 Å². The molecular weight excluding hydrogens is 202 g/mol. The first-order valence-corrected chi connectivity index (χ1v) is 5.63. The number of aromatic nitrogens is 1. The summed E-state index contributed by atoms with van der Waals surface area (Å²) >= 11 is 0. The van der Waals surface area contributed by atoms with Crippen LogP contribution in [-0.4, -0.2) is 29.5 Å². The van der Waals surface area contributed by atoms with E-state index in [0.29, 0.717) is 6.54 Å².